The number of benzene rings is 1. The number of ether oxygens (including phenoxy) is 2. The quantitative estimate of drug-likeness (QED) is 0.740. The lowest BCUT2D eigenvalue weighted by molar-refractivity contribution is -0.154. The molecule has 1 aliphatic rings. The Kier molecular flexibility index (Phi) is 6.43. The highest BCUT2D eigenvalue weighted by Gasteiger charge is 2.29. The van der Waals surface area contributed by atoms with Crippen molar-refractivity contribution in [2.24, 2.45) is 0 Å². The third-order valence-electron chi connectivity index (χ3n) is 4.56. The topological polar surface area (TPSA) is 72.0 Å². The molecule has 7 nitrogen and oxygen atoms in total. The van der Waals surface area contributed by atoms with E-state index >= 15 is 0 Å². The first-order valence-corrected chi connectivity index (χ1v) is 9.15. The van der Waals surface area contributed by atoms with Crippen molar-refractivity contribution in [1.29, 1.82) is 0 Å². The number of carbonyl (C=O) groups excluding carboxylic acids is 2. The Hall–Kier alpha value is -3.30. The predicted octanol–water partition coefficient (Wildman–Crippen LogP) is 2.63. The predicted molar refractivity (Wildman–Crippen MR) is 101 cm³/mol. The van der Waals surface area contributed by atoms with Crippen molar-refractivity contribution in [1.82, 2.24) is 14.8 Å². The van der Waals surface area contributed by atoms with Gasteiger partial charge in [0.2, 0.25) is 5.88 Å². The van der Waals surface area contributed by atoms with E-state index in [2.05, 4.69) is 9.72 Å². The van der Waals surface area contributed by atoms with Gasteiger partial charge in [-0.05, 0) is 30.3 Å². The summed E-state index contributed by atoms with van der Waals surface area (Å²) in [4.78, 5) is 32.2. The molecule has 10 heteroatoms. The van der Waals surface area contributed by atoms with Gasteiger partial charge in [-0.2, -0.15) is 13.2 Å². The molecule has 0 atom stereocenters. The van der Waals surface area contributed by atoms with Gasteiger partial charge in [0.15, 0.2) is 6.61 Å². The molecule has 1 fully saturated rings. The zero-order valence-electron chi connectivity index (χ0n) is 16.2. The van der Waals surface area contributed by atoms with Crippen LogP contribution in [0.15, 0.2) is 42.6 Å². The molecular formula is C20H20F3N3O4. The molecule has 0 N–H and O–H groups in total. The van der Waals surface area contributed by atoms with Crippen LogP contribution in [-0.2, 0) is 0 Å². The Bertz CT molecular complexity index is 878. The van der Waals surface area contributed by atoms with Gasteiger partial charge in [-0.25, -0.2) is 4.98 Å². The first-order chi connectivity index (χ1) is 14.3. The van der Waals surface area contributed by atoms with Crippen molar-refractivity contribution < 1.29 is 32.2 Å². The van der Waals surface area contributed by atoms with Gasteiger partial charge in [-0.1, -0.05) is 0 Å². The fourth-order valence-corrected chi connectivity index (χ4v) is 2.96. The first-order valence-electron chi connectivity index (χ1n) is 9.15. The molecule has 1 aromatic heterocycles. The Morgan fingerprint density at radius 1 is 0.933 bits per heavy atom. The van der Waals surface area contributed by atoms with Gasteiger partial charge in [0.1, 0.15) is 5.75 Å². The number of hydrogen-bond donors (Lipinski definition) is 0. The Labute approximate surface area is 171 Å². The number of aromatic nitrogens is 1. The molecule has 0 aliphatic carbocycles. The molecular weight excluding hydrogens is 403 g/mol. The highest BCUT2D eigenvalue weighted by atomic mass is 19.4. The van der Waals surface area contributed by atoms with Gasteiger partial charge in [0, 0.05) is 44.0 Å². The SMILES string of the molecule is COc1ccc(C(=O)N2CCN(C(=O)c3ccc(OCC(F)(F)F)nc3)CC2)cc1. The highest BCUT2D eigenvalue weighted by molar-refractivity contribution is 5.96. The first kappa shape index (κ1) is 21.4. The summed E-state index contributed by atoms with van der Waals surface area (Å²) >= 11 is 0. The number of piperazine rings is 1. The molecule has 0 saturated carbocycles. The van der Waals surface area contributed by atoms with Crippen LogP contribution in [0, 0.1) is 0 Å². The Balaban J connectivity index is 1.54. The van der Waals surface area contributed by atoms with Crippen LogP contribution in [0.2, 0.25) is 0 Å². The minimum Gasteiger partial charge on any atom is -0.497 e. The second kappa shape index (κ2) is 9.02. The number of pyridine rings is 1. The monoisotopic (exact) mass is 423 g/mol. The number of methoxy groups -OCH3 is 1. The summed E-state index contributed by atoms with van der Waals surface area (Å²) in [5.74, 6) is 0.0168. The molecule has 1 aromatic carbocycles. The lowest BCUT2D eigenvalue weighted by Gasteiger charge is -2.34. The van der Waals surface area contributed by atoms with Crippen molar-refractivity contribution in [2.75, 3.05) is 39.9 Å². The van der Waals surface area contributed by atoms with Crippen LogP contribution in [0.5, 0.6) is 11.6 Å². The lowest BCUT2D eigenvalue weighted by atomic mass is 10.1. The Morgan fingerprint density at radius 3 is 1.93 bits per heavy atom. The van der Waals surface area contributed by atoms with Crippen LogP contribution >= 0.6 is 0 Å². The smallest absolute Gasteiger partial charge is 0.422 e. The van der Waals surface area contributed by atoms with E-state index in [-0.39, 0.29) is 23.3 Å². The number of amides is 2. The fraction of sp³-hybridized carbons (Fsp3) is 0.350. The van der Waals surface area contributed by atoms with E-state index in [1.165, 1.54) is 18.3 Å². The van der Waals surface area contributed by atoms with E-state index in [4.69, 9.17) is 4.74 Å². The van der Waals surface area contributed by atoms with Gasteiger partial charge < -0.3 is 19.3 Å². The summed E-state index contributed by atoms with van der Waals surface area (Å²) in [6.07, 6.45) is -3.28. The van der Waals surface area contributed by atoms with Crippen molar-refractivity contribution >= 4 is 11.8 Å². The van der Waals surface area contributed by atoms with Crippen molar-refractivity contribution in [3.63, 3.8) is 0 Å². The van der Waals surface area contributed by atoms with Gasteiger partial charge in [0.25, 0.3) is 11.8 Å². The van der Waals surface area contributed by atoms with E-state index in [1.807, 2.05) is 0 Å². The van der Waals surface area contributed by atoms with E-state index in [1.54, 1.807) is 41.2 Å². The molecule has 2 heterocycles. The van der Waals surface area contributed by atoms with Crippen LogP contribution in [0.3, 0.4) is 0 Å². The molecule has 2 amide bonds. The summed E-state index contributed by atoms with van der Waals surface area (Å²) in [6, 6.07) is 9.39. The Morgan fingerprint density at radius 2 is 1.47 bits per heavy atom. The number of halogens is 3. The molecule has 3 rings (SSSR count). The second-order valence-corrected chi connectivity index (χ2v) is 6.60. The average Bonchev–Trinajstić information content (AvgIpc) is 2.77. The molecule has 0 radical (unpaired) electrons. The second-order valence-electron chi connectivity index (χ2n) is 6.60. The maximum absolute atomic E-state index is 12.6. The van der Waals surface area contributed by atoms with Gasteiger partial charge >= 0.3 is 6.18 Å². The van der Waals surface area contributed by atoms with Gasteiger partial charge in [-0.15, -0.1) is 0 Å². The lowest BCUT2D eigenvalue weighted by Crippen LogP contribution is -2.50. The van der Waals surface area contributed by atoms with Gasteiger partial charge in [0.05, 0.1) is 12.7 Å². The maximum atomic E-state index is 12.6. The third kappa shape index (κ3) is 5.40. The van der Waals surface area contributed by atoms with Crippen LogP contribution in [0.4, 0.5) is 13.2 Å². The summed E-state index contributed by atoms with van der Waals surface area (Å²) in [5, 5.41) is 0. The minimum atomic E-state index is -4.46. The molecule has 30 heavy (non-hydrogen) atoms. The normalized spacial score (nSPS) is 14.4. The molecule has 0 unspecified atom stereocenters. The van der Waals surface area contributed by atoms with Crippen molar-refractivity contribution in [3.8, 4) is 11.6 Å². The average molecular weight is 423 g/mol. The van der Waals surface area contributed by atoms with E-state index in [0.29, 0.717) is 37.5 Å². The van der Waals surface area contributed by atoms with Crippen LogP contribution in [0.25, 0.3) is 0 Å². The summed E-state index contributed by atoms with van der Waals surface area (Å²) in [5.41, 5.74) is 0.776. The molecule has 2 aromatic rings. The fourth-order valence-electron chi connectivity index (χ4n) is 2.96. The number of rotatable bonds is 5. The van der Waals surface area contributed by atoms with Crippen LogP contribution in [0.1, 0.15) is 20.7 Å². The number of hydrogen-bond acceptors (Lipinski definition) is 5. The third-order valence-corrected chi connectivity index (χ3v) is 4.56. The summed E-state index contributed by atoms with van der Waals surface area (Å²) in [7, 11) is 1.55. The molecule has 1 aliphatic heterocycles. The maximum Gasteiger partial charge on any atom is 0.422 e. The molecule has 0 bridgehead atoms. The summed E-state index contributed by atoms with van der Waals surface area (Å²) in [6.45, 7) is -0.0226. The summed E-state index contributed by atoms with van der Waals surface area (Å²) < 4.78 is 46.1. The zero-order chi connectivity index (χ0) is 21.7. The van der Waals surface area contributed by atoms with E-state index in [9.17, 15) is 22.8 Å². The number of carbonyl (C=O) groups is 2. The minimum absolute atomic E-state index is 0.127. The van der Waals surface area contributed by atoms with Crippen LogP contribution < -0.4 is 9.47 Å². The molecule has 1 saturated heterocycles. The number of nitrogens with zero attached hydrogens (tertiary/aromatic N) is 3. The highest BCUT2D eigenvalue weighted by Crippen LogP contribution is 2.18. The standard InChI is InChI=1S/C20H20F3N3O4/c1-29-16-5-2-14(3-6-16)18(27)25-8-10-26(11-9-25)19(28)15-4-7-17(24-12-15)30-13-20(21,22)23/h2-7,12H,8-11,13H2,1H3. The zero-order valence-corrected chi connectivity index (χ0v) is 16.2. The van der Waals surface area contributed by atoms with E-state index < -0.39 is 12.8 Å². The van der Waals surface area contributed by atoms with Crippen molar-refractivity contribution in [3.05, 3.63) is 53.7 Å². The molecule has 160 valence electrons. The van der Waals surface area contributed by atoms with E-state index in [0.717, 1.165) is 0 Å². The largest absolute Gasteiger partial charge is 0.497 e. The molecule has 0 spiro atoms. The van der Waals surface area contributed by atoms with Crippen molar-refractivity contribution in [2.45, 2.75) is 6.18 Å². The van der Waals surface area contributed by atoms with Gasteiger partial charge in [-0.3, -0.25) is 9.59 Å². The van der Waals surface area contributed by atoms with Crippen LogP contribution in [-0.4, -0.2) is 72.7 Å². The number of alkyl halides is 3.